The minimum atomic E-state index is -0.327. The van der Waals surface area contributed by atoms with Crippen LogP contribution in [0.3, 0.4) is 0 Å². The van der Waals surface area contributed by atoms with Gasteiger partial charge in [-0.3, -0.25) is 0 Å². The molecule has 0 aliphatic rings. The molecule has 1 rings (SSSR count). The zero-order valence-electron chi connectivity index (χ0n) is 7.40. The quantitative estimate of drug-likeness (QED) is 0.519. The van der Waals surface area contributed by atoms with Crippen LogP contribution >= 0.6 is 0 Å². The molecule has 0 aliphatic carbocycles. The molecule has 0 saturated carbocycles. The van der Waals surface area contributed by atoms with E-state index >= 15 is 0 Å². The summed E-state index contributed by atoms with van der Waals surface area (Å²) in [5.74, 6) is 0.176. The first-order valence-corrected chi connectivity index (χ1v) is 4.16. The summed E-state index contributed by atoms with van der Waals surface area (Å²) in [5, 5.41) is 9.46. The van der Waals surface area contributed by atoms with Crippen molar-refractivity contribution in [2.24, 2.45) is 17.2 Å². The maximum absolute atomic E-state index is 9.46. The third-order valence-corrected chi connectivity index (χ3v) is 1.98. The molecule has 7 N–H and O–H groups in total. The Balaban J connectivity index is 3.03. The average molecular weight is 181 g/mol. The summed E-state index contributed by atoms with van der Waals surface area (Å²) in [4.78, 5) is 0. The molecular weight excluding hydrogens is 166 g/mol. The highest BCUT2D eigenvalue weighted by Crippen LogP contribution is 2.23. The lowest BCUT2D eigenvalue weighted by molar-refractivity contribution is 0.461. The fourth-order valence-electron chi connectivity index (χ4n) is 1.15. The highest BCUT2D eigenvalue weighted by Gasteiger charge is 2.09. The predicted molar refractivity (Wildman–Crippen MR) is 52.0 cm³/mol. The Morgan fingerprint density at radius 2 is 2.00 bits per heavy atom. The van der Waals surface area contributed by atoms with Crippen LogP contribution in [0.5, 0.6) is 5.75 Å². The van der Waals surface area contributed by atoms with Crippen LogP contribution in [-0.2, 0) is 6.54 Å². The molecule has 0 radical (unpaired) electrons. The Hall–Kier alpha value is -1.10. The monoisotopic (exact) mass is 181 g/mol. The van der Waals surface area contributed by atoms with E-state index < -0.39 is 0 Å². The third-order valence-electron chi connectivity index (χ3n) is 1.98. The summed E-state index contributed by atoms with van der Waals surface area (Å²) in [6.07, 6.45) is 0. The van der Waals surface area contributed by atoms with Crippen LogP contribution in [0.1, 0.15) is 17.2 Å². The first-order valence-electron chi connectivity index (χ1n) is 4.16. The van der Waals surface area contributed by atoms with Crippen molar-refractivity contribution < 1.29 is 5.11 Å². The maximum Gasteiger partial charge on any atom is 0.120 e. The number of benzene rings is 1. The van der Waals surface area contributed by atoms with Gasteiger partial charge in [0.2, 0.25) is 0 Å². The van der Waals surface area contributed by atoms with Crippen molar-refractivity contribution in [3.63, 3.8) is 0 Å². The Kier molecular flexibility index (Phi) is 3.25. The molecular formula is C9H15N3O. The largest absolute Gasteiger partial charge is 0.508 e. The summed E-state index contributed by atoms with van der Waals surface area (Å²) < 4.78 is 0. The second kappa shape index (κ2) is 4.23. The number of nitrogens with two attached hydrogens (primary N) is 3. The van der Waals surface area contributed by atoms with Crippen molar-refractivity contribution in [1.82, 2.24) is 0 Å². The number of hydrogen-bond donors (Lipinski definition) is 4. The first-order chi connectivity index (χ1) is 6.19. The van der Waals surface area contributed by atoms with Crippen molar-refractivity contribution in [1.29, 1.82) is 0 Å². The molecule has 0 bridgehead atoms. The van der Waals surface area contributed by atoms with Crippen LogP contribution in [0, 0.1) is 0 Å². The number of rotatable bonds is 3. The molecule has 0 saturated heterocycles. The zero-order chi connectivity index (χ0) is 9.84. The molecule has 0 spiro atoms. The summed E-state index contributed by atoms with van der Waals surface area (Å²) >= 11 is 0. The smallest absolute Gasteiger partial charge is 0.120 e. The van der Waals surface area contributed by atoms with Gasteiger partial charge in [-0.2, -0.15) is 0 Å². The standard InChI is InChI=1S/C9H15N3O/c10-4-6-1-2-9(13)7(3-6)8(12)5-11/h1-3,8,13H,4-5,10-12H2/t8-/m0/s1. The van der Waals surface area contributed by atoms with E-state index in [0.29, 0.717) is 18.7 Å². The molecule has 1 aromatic rings. The van der Waals surface area contributed by atoms with Crippen molar-refractivity contribution in [3.8, 4) is 5.75 Å². The second-order valence-electron chi connectivity index (χ2n) is 2.94. The maximum atomic E-state index is 9.46. The molecule has 13 heavy (non-hydrogen) atoms. The minimum Gasteiger partial charge on any atom is -0.508 e. The molecule has 1 atom stereocenters. The molecule has 0 unspecified atom stereocenters. The van der Waals surface area contributed by atoms with E-state index in [-0.39, 0.29) is 11.8 Å². The lowest BCUT2D eigenvalue weighted by atomic mass is 10.0. The number of phenols is 1. The van der Waals surface area contributed by atoms with Gasteiger partial charge in [0.25, 0.3) is 0 Å². The van der Waals surface area contributed by atoms with Crippen molar-refractivity contribution in [2.75, 3.05) is 6.54 Å². The molecule has 0 aliphatic heterocycles. The Morgan fingerprint density at radius 1 is 1.31 bits per heavy atom. The first kappa shape index (κ1) is 9.98. The van der Waals surface area contributed by atoms with Crippen LogP contribution in [0.15, 0.2) is 18.2 Å². The number of aromatic hydroxyl groups is 1. The minimum absolute atomic E-state index is 0.176. The van der Waals surface area contributed by atoms with Crippen molar-refractivity contribution in [3.05, 3.63) is 29.3 Å². The van der Waals surface area contributed by atoms with Gasteiger partial charge >= 0.3 is 0 Å². The van der Waals surface area contributed by atoms with Gasteiger partial charge in [0.15, 0.2) is 0 Å². The molecule has 4 heteroatoms. The zero-order valence-corrected chi connectivity index (χ0v) is 7.40. The Morgan fingerprint density at radius 3 is 2.54 bits per heavy atom. The molecule has 1 aromatic carbocycles. The predicted octanol–water partition coefficient (Wildman–Crippen LogP) is -0.191. The van der Waals surface area contributed by atoms with E-state index in [1.807, 2.05) is 0 Å². The van der Waals surface area contributed by atoms with Gasteiger partial charge in [-0.15, -0.1) is 0 Å². The summed E-state index contributed by atoms with van der Waals surface area (Å²) in [5.41, 5.74) is 18.1. The molecule has 0 aromatic heterocycles. The van der Waals surface area contributed by atoms with E-state index in [9.17, 15) is 5.11 Å². The van der Waals surface area contributed by atoms with E-state index in [4.69, 9.17) is 17.2 Å². The van der Waals surface area contributed by atoms with Gasteiger partial charge in [-0.25, -0.2) is 0 Å². The SMILES string of the molecule is NCc1ccc(O)c([C@@H](N)CN)c1. The van der Waals surface area contributed by atoms with Crippen LogP contribution in [0.25, 0.3) is 0 Å². The van der Waals surface area contributed by atoms with Crippen molar-refractivity contribution in [2.45, 2.75) is 12.6 Å². The Bertz CT molecular complexity index is 288. The van der Waals surface area contributed by atoms with Crippen LogP contribution in [0.2, 0.25) is 0 Å². The van der Waals surface area contributed by atoms with E-state index in [1.165, 1.54) is 0 Å². The second-order valence-corrected chi connectivity index (χ2v) is 2.94. The molecule has 0 amide bonds. The summed E-state index contributed by atoms with van der Waals surface area (Å²) in [7, 11) is 0. The average Bonchev–Trinajstić information content (AvgIpc) is 2.17. The number of phenolic OH excluding ortho intramolecular Hbond substituents is 1. The van der Waals surface area contributed by atoms with Crippen molar-refractivity contribution >= 4 is 0 Å². The molecule has 0 fully saturated rings. The highest BCUT2D eigenvalue weighted by molar-refractivity contribution is 5.38. The van der Waals surface area contributed by atoms with Crippen LogP contribution in [0.4, 0.5) is 0 Å². The Labute approximate surface area is 77.3 Å². The van der Waals surface area contributed by atoms with Gasteiger partial charge in [0.05, 0.1) is 0 Å². The van der Waals surface area contributed by atoms with Gasteiger partial charge in [0, 0.05) is 24.7 Å². The summed E-state index contributed by atoms with van der Waals surface area (Å²) in [6.45, 7) is 0.742. The van der Waals surface area contributed by atoms with E-state index in [2.05, 4.69) is 0 Å². The van der Waals surface area contributed by atoms with Gasteiger partial charge in [-0.05, 0) is 17.7 Å². The number of hydrogen-bond acceptors (Lipinski definition) is 4. The fourth-order valence-corrected chi connectivity index (χ4v) is 1.15. The lowest BCUT2D eigenvalue weighted by Gasteiger charge is -2.12. The van der Waals surface area contributed by atoms with Gasteiger partial charge in [0.1, 0.15) is 5.75 Å². The highest BCUT2D eigenvalue weighted by atomic mass is 16.3. The van der Waals surface area contributed by atoms with E-state index in [1.54, 1.807) is 18.2 Å². The van der Waals surface area contributed by atoms with Gasteiger partial charge < -0.3 is 22.3 Å². The van der Waals surface area contributed by atoms with Crippen LogP contribution < -0.4 is 17.2 Å². The molecule has 72 valence electrons. The third kappa shape index (κ3) is 2.18. The lowest BCUT2D eigenvalue weighted by Crippen LogP contribution is -2.21. The fraction of sp³-hybridized carbons (Fsp3) is 0.333. The molecule has 0 heterocycles. The summed E-state index contributed by atoms with van der Waals surface area (Å²) in [6, 6.07) is 4.81. The van der Waals surface area contributed by atoms with E-state index in [0.717, 1.165) is 5.56 Å². The topological polar surface area (TPSA) is 98.3 Å². The van der Waals surface area contributed by atoms with Gasteiger partial charge in [-0.1, -0.05) is 6.07 Å². The molecule has 4 nitrogen and oxygen atoms in total. The normalized spacial score (nSPS) is 12.8. The van der Waals surface area contributed by atoms with Crippen LogP contribution in [-0.4, -0.2) is 11.7 Å².